The highest BCUT2D eigenvalue weighted by Gasteiger charge is 2.30. The van der Waals surface area contributed by atoms with E-state index in [-0.39, 0.29) is 11.8 Å². The SMILES string of the molecule is CCc1noc([C@H]2CCCN(C(=O)c3ccnn3CC)C2)n1. The van der Waals surface area contributed by atoms with Crippen molar-refractivity contribution in [3.63, 3.8) is 0 Å². The standard InChI is InChI=1S/C15H21N5O2/c1-3-13-17-14(22-18-13)11-6-5-9-19(10-11)15(21)12-7-8-16-20(12)4-2/h7-8,11H,3-6,9-10H2,1-2H3/t11-/m0/s1. The van der Waals surface area contributed by atoms with Crippen molar-refractivity contribution in [3.8, 4) is 0 Å². The molecule has 7 nitrogen and oxygen atoms in total. The number of nitrogens with zero attached hydrogens (tertiary/aromatic N) is 5. The first kappa shape index (κ1) is 14.7. The maximum atomic E-state index is 12.7. The first-order valence-corrected chi connectivity index (χ1v) is 7.86. The molecule has 0 aliphatic carbocycles. The van der Waals surface area contributed by atoms with E-state index in [1.165, 1.54) is 0 Å². The van der Waals surface area contributed by atoms with Crippen molar-refractivity contribution in [1.29, 1.82) is 0 Å². The molecule has 0 N–H and O–H groups in total. The van der Waals surface area contributed by atoms with E-state index in [1.54, 1.807) is 16.9 Å². The number of carbonyl (C=O) groups excluding carboxylic acids is 1. The third kappa shape index (κ3) is 2.75. The van der Waals surface area contributed by atoms with Crippen LogP contribution in [0.25, 0.3) is 0 Å². The molecule has 1 atom stereocenters. The minimum absolute atomic E-state index is 0.0271. The Labute approximate surface area is 129 Å². The fourth-order valence-electron chi connectivity index (χ4n) is 2.87. The van der Waals surface area contributed by atoms with Gasteiger partial charge in [-0.15, -0.1) is 0 Å². The summed E-state index contributed by atoms with van der Waals surface area (Å²) in [5, 5.41) is 8.12. The summed E-state index contributed by atoms with van der Waals surface area (Å²) in [6.45, 7) is 6.05. The lowest BCUT2D eigenvalue weighted by Gasteiger charge is -2.31. The number of aryl methyl sites for hydroxylation is 2. The topological polar surface area (TPSA) is 77.0 Å². The number of amides is 1. The van der Waals surface area contributed by atoms with E-state index in [2.05, 4.69) is 15.2 Å². The molecule has 3 heterocycles. The molecule has 0 unspecified atom stereocenters. The minimum atomic E-state index is 0.0271. The summed E-state index contributed by atoms with van der Waals surface area (Å²) in [5.74, 6) is 1.53. The highest BCUT2D eigenvalue weighted by atomic mass is 16.5. The zero-order valence-electron chi connectivity index (χ0n) is 13.0. The lowest BCUT2D eigenvalue weighted by Crippen LogP contribution is -2.40. The third-order valence-corrected chi connectivity index (χ3v) is 4.09. The van der Waals surface area contributed by atoms with Gasteiger partial charge in [0.05, 0.1) is 5.92 Å². The fraction of sp³-hybridized carbons (Fsp3) is 0.600. The van der Waals surface area contributed by atoms with Gasteiger partial charge < -0.3 is 9.42 Å². The van der Waals surface area contributed by atoms with E-state index in [4.69, 9.17) is 4.52 Å². The summed E-state index contributed by atoms with van der Waals surface area (Å²) in [6.07, 6.45) is 4.35. The van der Waals surface area contributed by atoms with Crippen molar-refractivity contribution in [2.45, 2.75) is 45.6 Å². The van der Waals surface area contributed by atoms with Crippen LogP contribution in [-0.4, -0.2) is 43.8 Å². The van der Waals surface area contributed by atoms with Crippen LogP contribution in [0.2, 0.25) is 0 Å². The zero-order chi connectivity index (χ0) is 15.5. The van der Waals surface area contributed by atoms with E-state index in [9.17, 15) is 4.79 Å². The van der Waals surface area contributed by atoms with Gasteiger partial charge in [-0.2, -0.15) is 10.1 Å². The van der Waals surface area contributed by atoms with Gasteiger partial charge >= 0.3 is 0 Å². The first-order chi connectivity index (χ1) is 10.7. The van der Waals surface area contributed by atoms with Gasteiger partial charge in [0.2, 0.25) is 5.89 Å². The van der Waals surface area contributed by atoms with Crippen molar-refractivity contribution in [1.82, 2.24) is 24.8 Å². The van der Waals surface area contributed by atoms with Gasteiger partial charge in [0.25, 0.3) is 5.91 Å². The molecular formula is C15H21N5O2. The van der Waals surface area contributed by atoms with Crippen molar-refractivity contribution in [2.24, 2.45) is 0 Å². The number of carbonyl (C=O) groups is 1. The lowest BCUT2D eigenvalue weighted by atomic mass is 9.97. The van der Waals surface area contributed by atoms with Crippen LogP contribution in [0.5, 0.6) is 0 Å². The van der Waals surface area contributed by atoms with Crippen LogP contribution in [0.3, 0.4) is 0 Å². The van der Waals surface area contributed by atoms with Crippen molar-refractivity contribution < 1.29 is 9.32 Å². The molecule has 0 spiro atoms. The van der Waals surface area contributed by atoms with Crippen LogP contribution < -0.4 is 0 Å². The Morgan fingerprint density at radius 1 is 1.45 bits per heavy atom. The molecule has 1 fully saturated rings. The van der Waals surface area contributed by atoms with Crippen LogP contribution >= 0.6 is 0 Å². The van der Waals surface area contributed by atoms with Gasteiger partial charge in [0.1, 0.15) is 5.69 Å². The summed E-state index contributed by atoms with van der Waals surface area (Å²) in [4.78, 5) is 19.0. The van der Waals surface area contributed by atoms with Crippen molar-refractivity contribution >= 4 is 5.91 Å². The van der Waals surface area contributed by atoms with Crippen LogP contribution in [0.1, 0.15) is 54.8 Å². The number of hydrogen-bond donors (Lipinski definition) is 0. The molecule has 0 radical (unpaired) electrons. The van der Waals surface area contributed by atoms with Crippen molar-refractivity contribution in [2.75, 3.05) is 13.1 Å². The maximum absolute atomic E-state index is 12.7. The predicted octanol–water partition coefficient (Wildman–Crippen LogP) is 1.87. The monoisotopic (exact) mass is 303 g/mol. The summed E-state index contributed by atoms with van der Waals surface area (Å²) in [6, 6.07) is 1.78. The third-order valence-electron chi connectivity index (χ3n) is 4.09. The second-order valence-electron chi connectivity index (χ2n) is 5.52. The second-order valence-corrected chi connectivity index (χ2v) is 5.52. The molecule has 1 saturated heterocycles. The van der Waals surface area contributed by atoms with E-state index < -0.39 is 0 Å². The highest BCUT2D eigenvalue weighted by molar-refractivity contribution is 5.92. The van der Waals surface area contributed by atoms with Crippen LogP contribution in [0, 0.1) is 0 Å². The van der Waals surface area contributed by atoms with E-state index in [1.807, 2.05) is 18.7 Å². The number of likely N-dealkylation sites (tertiary alicyclic amines) is 1. The molecule has 22 heavy (non-hydrogen) atoms. The Balaban J connectivity index is 1.74. The second kappa shape index (κ2) is 6.29. The van der Waals surface area contributed by atoms with Gasteiger partial charge in [-0.25, -0.2) is 0 Å². The molecule has 1 aliphatic heterocycles. The largest absolute Gasteiger partial charge is 0.339 e. The van der Waals surface area contributed by atoms with Gasteiger partial charge in [-0.05, 0) is 25.8 Å². The fourth-order valence-corrected chi connectivity index (χ4v) is 2.87. The predicted molar refractivity (Wildman–Crippen MR) is 79.5 cm³/mol. The van der Waals surface area contributed by atoms with E-state index >= 15 is 0 Å². The minimum Gasteiger partial charge on any atom is -0.339 e. The normalized spacial score (nSPS) is 18.6. The Morgan fingerprint density at radius 2 is 2.32 bits per heavy atom. The molecule has 0 aromatic carbocycles. The molecule has 0 bridgehead atoms. The van der Waals surface area contributed by atoms with Crippen molar-refractivity contribution in [3.05, 3.63) is 29.7 Å². The number of rotatable bonds is 4. The summed E-state index contributed by atoms with van der Waals surface area (Å²) in [5.41, 5.74) is 0.642. The number of hydrogen-bond acceptors (Lipinski definition) is 5. The van der Waals surface area contributed by atoms with Gasteiger partial charge in [0, 0.05) is 32.3 Å². The molecule has 2 aromatic rings. The molecule has 7 heteroatoms. The summed E-state index contributed by atoms with van der Waals surface area (Å²) < 4.78 is 7.07. The van der Waals surface area contributed by atoms with Crippen LogP contribution in [0.15, 0.2) is 16.8 Å². The van der Waals surface area contributed by atoms with Gasteiger partial charge in [-0.3, -0.25) is 9.48 Å². The molecule has 1 aliphatic rings. The van der Waals surface area contributed by atoms with Crippen LogP contribution in [0.4, 0.5) is 0 Å². The Morgan fingerprint density at radius 3 is 3.05 bits per heavy atom. The molecular weight excluding hydrogens is 282 g/mol. The average Bonchev–Trinajstić information content (AvgIpc) is 3.23. The smallest absolute Gasteiger partial charge is 0.272 e. The zero-order valence-corrected chi connectivity index (χ0v) is 13.0. The van der Waals surface area contributed by atoms with Gasteiger partial charge in [0.15, 0.2) is 5.82 Å². The Hall–Kier alpha value is -2.18. The molecule has 118 valence electrons. The molecule has 0 saturated carbocycles. The molecule has 3 rings (SSSR count). The average molecular weight is 303 g/mol. The molecule has 2 aromatic heterocycles. The van der Waals surface area contributed by atoms with Gasteiger partial charge in [-0.1, -0.05) is 12.1 Å². The lowest BCUT2D eigenvalue weighted by molar-refractivity contribution is 0.0683. The number of aromatic nitrogens is 4. The van der Waals surface area contributed by atoms with E-state index in [0.717, 1.165) is 31.6 Å². The summed E-state index contributed by atoms with van der Waals surface area (Å²) in [7, 11) is 0. The maximum Gasteiger partial charge on any atom is 0.272 e. The van der Waals surface area contributed by atoms with Crippen LogP contribution in [-0.2, 0) is 13.0 Å². The first-order valence-electron chi connectivity index (χ1n) is 7.86. The Bertz CT molecular complexity index is 648. The quantitative estimate of drug-likeness (QED) is 0.861. The van der Waals surface area contributed by atoms with E-state index in [0.29, 0.717) is 24.7 Å². The molecule has 1 amide bonds. The Kier molecular flexibility index (Phi) is 4.22. The highest BCUT2D eigenvalue weighted by Crippen LogP contribution is 2.26. The summed E-state index contributed by atoms with van der Waals surface area (Å²) >= 11 is 0. The number of piperidine rings is 1.